The molecule has 0 aliphatic carbocycles. The molecule has 2 atom stereocenters. The van der Waals surface area contributed by atoms with Gasteiger partial charge in [-0.3, -0.25) is 4.90 Å². The third kappa shape index (κ3) is 2.80. The Bertz CT molecular complexity index is 377. The van der Waals surface area contributed by atoms with Crippen molar-refractivity contribution in [1.82, 2.24) is 15.1 Å². The van der Waals surface area contributed by atoms with Crippen molar-refractivity contribution < 1.29 is 4.74 Å². The third-order valence-corrected chi connectivity index (χ3v) is 3.73. The summed E-state index contributed by atoms with van der Waals surface area (Å²) >= 11 is 0. The maximum absolute atomic E-state index is 5.06. The van der Waals surface area contributed by atoms with Crippen LogP contribution in [0.25, 0.3) is 0 Å². The highest BCUT2D eigenvalue weighted by Crippen LogP contribution is 2.33. The molecule has 18 heavy (non-hydrogen) atoms. The summed E-state index contributed by atoms with van der Waals surface area (Å²) in [5, 5.41) is 8.40. The summed E-state index contributed by atoms with van der Waals surface area (Å²) in [5.74, 6) is 1.36. The van der Waals surface area contributed by atoms with E-state index in [9.17, 15) is 0 Å². The molecule has 4 heteroatoms. The van der Waals surface area contributed by atoms with Crippen LogP contribution in [0.1, 0.15) is 45.3 Å². The van der Waals surface area contributed by atoms with Gasteiger partial charge < -0.3 is 4.74 Å². The summed E-state index contributed by atoms with van der Waals surface area (Å²) in [7, 11) is 1.62. The molecule has 0 bridgehead atoms. The van der Waals surface area contributed by atoms with E-state index >= 15 is 0 Å². The maximum atomic E-state index is 5.06. The van der Waals surface area contributed by atoms with Crippen LogP contribution in [0.2, 0.25) is 0 Å². The van der Waals surface area contributed by atoms with E-state index < -0.39 is 0 Å². The van der Waals surface area contributed by atoms with E-state index in [1.807, 2.05) is 12.1 Å². The van der Waals surface area contributed by atoms with Crippen molar-refractivity contribution in [2.24, 2.45) is 5.92 Å². The predicted molar refractivity (Wildman–Crippen MR) is 71.6 cm³/mol. The molecule has 0 radical (unpaired) electrons. The van der Waals surface area contributed by atoms with Crippen LogP contribution in [-0.2, 0) is 0 Å². The van der Waals surface area contributed by atoms with Gasteiger partial charge in [0, 0.05) is 18.7 Å². The van der Waals surface area contributed by atoms with Gasteiger partial charge in [0.1, 0.15) is 0 Å². The molecule has 1 aliphatic heterocycles. The highest BCUT2D eigenvalue weighted by Gasteiger charge is 2.30. The molecule has 1 saturated heterocycles. The van der Waals surface area contributed by atoms with Gasteiger partial charge in [-0.05, 0) is 38.7 Å². The topological polar surface area (TPSA) is 38.2 Å². The second-order valence-electron chi connectivity index (χ2n) is 5.49. The fourth-order valence-corrected chi connectivity index (χ4v) is 2.69. The number of piperidine rings is 1. The lowest BCUT2D eigenvalue weighted by molar-refractivity contribution is 0.0787. The van der Waals surface area contributed by atoms with Gasteiger partial charge in [0.2, 0.25) is 5.88 Å². The molecule has 0 saturated carbocycles. The molecule has 100 valence electrons. The molecular weight excluding hydrogens is 226 g/mol. The van der Waals surface area contributed by atoms with Crippen molar-refractivity contribution in [3.63, 3.8) is 0 Å². The Morgan fingerprint density at radius 2 is 2.06 bits per heavy atom. The Hall–Kier alpha value is -1.16. The number of methoxy groups -OCH3 is 1. The molecule has 1 fully saturated rings. The van der Waals surface area contributed by atoms with E-state index in [1.54, 1.807) is 7.11 Å². The molecule has 0 N–H and O–H groups in total. The van der Waals surface area contributed by atoms with E-state index in [2.05, 4.69) is 35.9 Å². The van der Waals surface area contributed by atoms with E-state index in [1.165, 1.54) is 12.8 Å². The first kappa shape index (κ1) is 13.3. The maximum Gasteiger partial charge on any atom is 0.233 e. The highest BCUT2D eigenvalue weighted by molar-refractivity contribution is 5.15. The van der Waals surface area contributed by atoms with Crippen molar-refractivity contribution in [3.8, 4) is 5.88 Å². The number of hydrogen-bond donors (Lipinski definition) is 0. The Balaban J connectivity index is 2.18. The molecule has 1 aromatic heterocycles. The fourth-order valence-electron chi connectivity index (χ4n) is 2.69. The monoisotopic (exact) mass is 249 g/mol. The molecular formula is C14H23N3O. The van der Waals surface area contributed by atoms with Crippen molar-refractivity contribution in [2.75, 3.05) is 13.7 Å². The fraction of sp³-hybridized carbons (Fsp3) is 0.714. The minimum atomic E-state index is 0.402. The molecule has 4 nitrogen and oxygen atoms in total. The summed E-state index contributed by atoms with van der Waals surface area (Å²) in [4.78, 5) is 2.53. The average Bonchev–Trinajstić information content (AvgIpc) is 2.39. The molecule has 0 unspecified atom stereocenters. The van der Waals surface area contributed by atoms with Crippen LogP contribution < -0.4 is 4.74 Å². The van der Waals surface area contributed by atoms with Crippen molar-refractivity contribution in [3.05, 3.63) is 17.8 Å². The molecule has 0 spiro atoms. The zero-order valence-electron chi connectivity index (χ0n) is 11.8. The lowest BCUT2D eigenvalue weighted by Crippen LogP contribution is -2.42. The van der Waals surface area contributed by atoms with Crippen LogP contribution in [0.5, 0.6) is 5.88 Å². The van der Waals surface area contributed by atoms with Gasteiger partial charge in [-0.15, -0.1) is 5.10 Å². The molecule has 1 aromatic rings. The van der Waals surface area contributed by atoms with Gasteiger partial charge in [-0.25, -0.2) is 0 Å². The van der Waals surface area contributed by atoms with E-state index in [4.69, 9.17) is 4.74 Å². The van der Waals surface area contributed by atoms with Gasteiger partial charge in [0.15, 0.2) is 0 Å². The molecule has 1 aliphatic rings. The first-order valence-corrected chi connectivity index (χ1v) is 6.75. The smallest absolute Gasteiger partial charge is 0.233 e. The molecule has 0 amide bonds. The summed E-state index contributed by atoms with van der Waals surface area (Å²) in [6.07, 6.45) is 2.43. The van der Waals surface area contributed by atoms with E-state index in [0.29, 0.717) is 18.0 Å². The normalized spacial score (nSPS) is 25.4. The standard InChI is InChI=1S/C14H23N3O/c1-10(2)17-9-11(3)5-7-13(17)12-6-8-14(18-4)16-15-12/h6,8,10-11,13H,5,7,9H2,1-4H3/t11-,13+/m0/s1. The second-order valence-corrected chi connectivity index (χ2v) is 5.49. The van der Waals surface area contributed by atoms with Gasteiger partial charge >= 0.3 is 0 Å². The SMILES string of the molecule is COc1ccc([C@H]2CC[C@H](C)CN2C(C)C)nn1. The first-order valence-electron chi connectivity index (χ1n) is 6.75. The van der Waals surface area contributed by atoms with Crippen molar-refractivity contribution >= 4 is 0 Å². The summed E-state index contributed by atoms with van der Waals surface area (Å²) < 4.78 is 5.06. The highest BCUT2D eigenvalue weighted by atomic mass is 16.5. The Morgan fingerprint density at radius 1 is 1.28 bits per heavy atom. The zero-order chi connectivity index (χ0) is 13.1. The second kappa shape index (κ2) is 5.65. The number of nitrogens with zero attached hydrogens (tertiary/aromatic N) is 3. The Morgan fingerprint density at radius 3 is 2.61 bits per heavy atom. The quantitative estimate of drug-likeness (QED) is 0.825. The van der Waals surface area contributed by atoms with Gasteiger partial charge in [0.05, 0.1) is 18.8 Å². The minimum absolute atomic E-state index is 0.402. The van der Waals surface area contributed by atoms with Gasteiger partial charge in [0.25, 0.3) is 0 Å². The average molecular weight is 249 g/mol. The molecule has 0 aromatic carbocycles. The van der Waals surface area contributed by atoms with Crippen molar-refractivity contribution in [2.45, 2.75) is 45.7 Å². The first-order chi connectivity index (χ1) is 8.61. The number of likely N-dealkylation sites (tertiary alicyclic amines) is 1. The van der Waals surface area contributed by atoms with E-state index in [0.717, 1.165) is 18.2 Å². The predicted octanol–water partition coefficient (Wildman–Crippen LogP) is 2.67. The third-order valence-electron chi connectivity index (χ3n) is 3.73. The van der Waals surface area contributed by atoms with Crippen molar-refractivity contribution in [1.29, 1.82) is 0 Å². The van der Waals surface area contributed by atoms with Gasteiger partial charge in [-0.2, -0.15) is 5.10 Å². The number of hydrogen-bond acceptors (Lipinski definition) is 4. The zero-order valence-corrected chi connectivity index (χ0v) is 11.8. The summed E-state index contributed by atoms with van der Waals surface area (Å²) in [6, 6.07) is 4.89. The summed E-state index contributed by atoms with van der Waals surface area (Å²) in [5.41, 5.74) is 1.07. The van der Waals surface area contributed by atoms with Crippen LogP contribution in [0.4, 0.5) is 0 Å². The summed E-state index contributed by atoms with van der Waals surface area (Å²) in [6.45, 7) is 7.98. The lowest BCUT2D eigenvalue weighted by atomic mass is 9.91. The van der Waals surface area contributed by atoms with Gasteiger partial charge in [-0.1, -0.05) is 6.92 Å². The molecule has 2 heterocycles. The largest absolute Gasteiger partial charge is 0.480 e. The Labute approximate surface area is 109 Å². The molecule has 2 rings (SSSR count). The number of rotatable bonds is 3. The van der Waals surface area contributed by atoms with Crippen LogP contribution in [0.3, 0.4) is 0 Å². The number of ether oxygens (including phenoxy) is 1. The lowest BCUT2D eigenvalue weighted by Gasteiger charge is -2.40. The van der Waals surface area contributed by atoms with Crippen LogP contribution >= 0.6 is 0 Å². The van der Waals surface area contributed by atoms with Crippen LogP contribution in [-0.4, -0.2) is 34.8 Å². The minimum Gasteiger partial charge on any atom is -0.480 e. The number of aromatic nitrogens is 2. The van der Waals surface area contributed by atoms with Crippen LogP contribution in [0, 0.1) is 5.92 Å². The van der Waals surface area contributed by atoms with Crippen LogP contribution in [0.15, 0.2) is 12.1 Å². The Kier molecular flexibility index (Phi) is 4.17. The van der Waals surface area contributed by atoms with E-state index in [-0.39, 0.29) is 0 Å².